The molecule has 0 saturated heterocycles. The second-order valence-electron chi connectivity index (χ2n) is 6.96. The fourth-order valence-corrected chi connectivity index (χ4v) is 3.31. The highest BCUT2D eigenvalue weighted by molar-refractivity contribution is 5.77. The summed E-state index contributed by atoms with van der Waals surface area (Å²) in [7, 11) is 0. The Kier molecular flexibility index (Phi) is 5.13. The van der Waals surface area contributed by atoms with Gasteiger partial charge in [-0.3, -0.25) is 4.98 Å². The van der Waals surface area contributed by atoms with Crippen LogP contribution in [-0.4, -0.2) is 15.2 Å². The molecule has 2 aromatic heterocycles. The molecule has 0 bridgehead atoms. The average Bonchev–Trinajstić information content (AvgIpc) is 3.33. The Balaban J connectivity index is 1.49. The highest BCUT2D eigenvalue weighted by Gasteiger charge is 2.15. The Labute approximate surface area is 182 Å². The third kappa shape index (κ3) is 3.96. The number of anilines is 3. The van der Waals surface area contributed by atoms with E-state index in [-0.39, 0.29) is 11.6 Å². The minimum atomic E-state index is -0.330. The number of pyridine rings is 1. The van der Waals surface area contributed by atoms with Crippen LogP contribution in [0.15, 0.2) is 102 Å². The Morgan fingerprint density at radius 1 is 0.594 bits per heavy atom. The summed E-state index contributed by atoms with van der Waals surface area (Å²) in [6.45, 7) is 0. The van der Waals surface area contributed by atoms with Crippen LogP contribution in [0.1, 0.15) is 0 Å². The van der Waals surface area contributed by atoms with E-state index < -0.39 is 0 Å². The van der Waals surface area contributed by atoms with Gasteiger partial charge in [-0.15, -0.1) is 10.2 Å². The molecule has 0 radical (unpaired) electrons. The van der Waals surface area contributed by atoms with Crippen molar-refractivity contribution in [2.45, 2.75) is 0 Å². The highest BCUT2D eigenvalue weighted by atomic mass is 19.1. The molecule has 32 heavy (non-hydrogen) atoms. The van der Waals surface area contributed by atoms with E-state index in [4.69, 9.17) is 4.42 Å². The minimum Gasteiger partial charge on any atom is -0.415 e. The number of aromatic nitrogens is 3. The number of rotatable bonds is 5. The molecule has 5 rings (SSSR count). The van der Waals surface area contributed by atoms with Gasteiger partial charge in [0.15, 0.2) is 0 Å². The molecule has 0 aliphatic heterocycles. The summed E-state index contributed by atoms with van der Waals surface area (Å²) in [5, 5.41) is 8.19. The van der Waals surface area contributed by atoms with E-state index in [2.05, 4.69) is 15.2 Å². The summed E-state index contributed by atoms with van der Waals surface area (Å²) in [5.74, 6) is 0.0442. The van der Waals surface area contributed by atoms with Crippen molar-refractivity contribution in [3.05, 3.63) is 109 Å². The summed E-state index contributed by atoms with van der Waals surface area (Å²) in [4.78, 5) is 6.12. The molecule has 0 spiro atoms. The third-order valence-electron chi connectivity index (χ3n) is 4.85. The molecule has 156 valence electrons. The first kappa shape index (κ1) is 19.6. The van der Waals surface area contributed by atoms with Gasteiger partial charge in [-0.05, 0) is 84.9 Å². The van der Waals surface area contributed by atoms with Crippen LogP contribution in [0.2, 0.25) is 0 Å². The fraction of sp³-hybridized carbons (Fsp3) is 0. The number of hydrogen-bond donors (Lipinski definition) is 0. The maximum Gasteiger partial charge on any atom is 0.266 e. The quantitative estimate of drug-likeness (QED) is 0.319. The van der Waals surface area contributed by atoms with E-state index in [1.807, 2.05) is 41.3 Å². The molecule has 0 saturated carbocycles. The standard InChI is InChI=1S/C25H16F2N4O/c26-18-6-12-21(13-7-18)31(22-14-8-19(27)9-15-22)20-10-4-17(5-11-20)24-29-30-25(32-24)23-3-1-2-16-28-23/h1-16H. The van der Waals surface area contributed by atoms with Gasteiger partial charge >= 0.3 is 0 Å². The maximum atomic E-state index is 13.5. The molecule has 5 aromatic rings. The lowest BCUT2D eigenvalue weighted by molar-refractivity contribution is 0.582. The Morgan fingerprint density at radius 2 is 1.12 bits per heavy atom. The van der Waals surface area contributed by atoms with Crippen molar-refractivity contribution >= 4 is 17.1 Å². The van der Waals surface area contributed by atoms with Gasteiger partial charge in [0.1, 0.15) is 17.3 Å². The molecule has 5 nitrogen and oxygen atoms in total. The zero-order chi connectivity index (χ0) is 21.9. The van der Waals surface area contributed by atoms with Crippen LogP contribution >= 0.6 is 0 Å². The first-order valence-electron chi connectivity index (χ1n) is 9.84. The van der Waals surface area contributed by atoms with Crippen LogP contribution in [0.25, 0.3) is 23.0 Å². The van der Waals surface area contributed by atoms with Crippen molar-refractivity contribution in [1.29, 1.82) is 0 Å². The van der Waals surface area contributed by atoms with Crippen LogP contribution in [0, 0.1) is 11.6 Å². The van der Waals surface area contributed by atoms with E-state index >= 15 is 0 Å². The van der Waals surface area contributed by atoms with Gasteiger partial charge in [-0.25, -0.2) is 8.78 Å². The van der Waals surface area contributed by atoms with Gasteiger partial charge in [-0.1, -0.05) is 6.07 Å². The van der Waals surface area contributed by atoms with Crippen LogP contribution < -0.4 is 4.90 Å². The Hall–Kier alpha value is -4.39. The SMILES string of the molecule is Fc1ccc(N(c2ccc(F)cc2)c2ccc(-c3nnc(-c4ccccn4)o3)cc2)cc1. The van der Waals surface area contributed by atoms with Crippen LogP contribution in [0.4, 0.5) is 25.8 Å². The largest absolute Gasteiger partial charge is 0.415 e. The van der Waals surface area contributed by atoms with Crippen LogP contribution in [0.3, 0.4) is 0 Å². The average molecular weight is 426 g/mol. The highest BCUT2D eigenvalue weighted by Crippen LogP contribution is 2.35. The van der Waals surface area contributed by atoms with E-state index in [9.17, 15) is 8.78 Å². The molecule has 0 N–H and O–H groups in total. The molecule has 7 heteroatoms. The molecular formula is C25H16F2N4O. The molecule has 0 fully saturated rings. The Bertz CT molecular complexity index is 1270. The topological polar surface area (TPSA) is 55.1 Å². The van der Waals surface area contributed by atoms with E-state index in [1.54, 1.807) is 36.5 Å². The normalized spacial score (nSPS) is 10.8. The Morgan fingerprint density at radius 3 is 1.66 bits per heavy atom. The van der Waals surface area contributed by atoms with Gasteiger partial charge in [-0.2, -0.15) is 0 Å². The van der Waals surface area contributed by atoms with Crippen molar-refractivity contribution in [2.75, 3.05) is 4.90 Å². The van der Waals surface area contributed by atoms with Gasteiger partial charge in [0.05, 0.1) is 0 Å². The number of hydrogen-bond acceptors (Lipinski definition) is 5. The molecule has 0 atom stereocenters. The van der Waals surface area contributed by atoms with Crippen molar-refractivity contribution in [1.82, 2.24) is 15.2 Å². The summed E-state index contributed by atoms with van der Waals surface area (Å²) < 4.78 is 32.7. The summed E-state index contributed by atoms with van der Waals surface area (Å²) >= 11 is 0. The predicted octanol–water partition coefficient (Wildman–Crippen LogP) is 6.55. The number of nitrogens with zero attached hydrogens (tertiary/aromatic N) is 4. The maximum absolute atomic E-state index is 13.5. The molecule has 0 aliphatic rings. The zero-order valence-corrected chi connectivity index (χ0v) is 16.7. The molecule has 2 heterocycles. The van der Waals surface area contributed by atoms with Crippen molar-refractivity contribution in [3.8, 4) is 23.0 Å². The molecular weight excluding hydrogens is 410 g/mol. The minimum absolute atomic E-state index is 0.330. The summed E-state index contributed by atoms with van der Waals surface area (Å²) in [6, 6.07) is 25.2. The summed E-state index contributed by atoms with van der Waals surface area (Å²) in [6.07, 6.45) is 1.66. The molecule has 0 unspecified atom stereocenters. The molecule has 0 amide bonds. The van der Waals surface area contributed by atoms with Crippen molar-refractivity contribution in [3.63, 3.8) is 0 Å². The second kappa shape index (κ2) is 8.39. The van der Waals surface area contributed by atoms with Crippen LogP contribution in [-0.2, 0) is 0 Å². The zero-order valence-electron chi connectivity index (χ0n) is 16.7. The summed E-state index contributed by atoms with van der Waals surface area (Å²) in [5.41, 5.74) is 3.61. The third-order valence-corrected chi connectivity index (χ3v) is 4.85. The van der Waals surface area contributed by atoms with Gasteiger partial charge in [0.2, 0.25) is 5.89 Å². The van der Waals surface area contributed by atoms with Gasteiger partial charge in [0, 0.05) is 28.8 Å². The second-order valence-corrected chi connectivity index (χ2v) is 6.96. The van der Waals surface area contributed by atoms with Crippen LogP contribution in [0.5, 0.6) is 0 Å². The van der Waals surface area contributed by atoms with Crippen molar-refractivity contribution < 1.29 is 13.2 Å². The molecule has 3 aromatic carbocycles. The number of benzene rings is 3. The van der Waals surface area contributed by atoms with E-state index in [1.165, 1.54) is 24.3 Å². The van der Waals surface area contributed by atoms with E-state index in [0.29, 0.717) is 17.5 Å². The lowest BCUT2D eigenvalue weighted by Crippen LogP contribution is -2.09. The lowest BCUT2D eigenvalue weighted by Gasteiger charge is -2.25. The van der Waals surface area contributed by atoms with Gasteiger partial charge in [0.25, 0.3) is 5.89 Å². The lowest BCUT2D eigenvalue weighted by atomic mass is 10.1. The molecule has 0 aliphatic carbocycles. The van der Waals surface area contributed by atoms with Crippen molar-refractivity contribution in [2.24, 2.45) is 0 Å². The smallest absolute Gasteiger partial charge is 0.266 e. The first-order valence-corrected chi connectivity index (χ1v) is 9.84. The van der Waals surface area contributed by atoms with Gasteiger partial charge < -0.3 is 9.32 Å². The van der Waals surface area contributed by atoms with E-state index in [0.717, 1.165) is 22.6 Å². The predicted molar refractivity (Wildman–Crippen MR) is 118 cm³/mol. The monoisotopic (exact) mass is 426 g/mol. The fourth-order valence-electron chi connectivity index (χ4n) is 3.31. The number of halogens is 2. The first-order chi connectivity index (χ1) is 15.7.